The Hall–Kier alpha value is -2.15. The number of ether oxygens (including phenoxy) is 1. The molecule has 3 aromatic rings. The van der Waals surface area contributed by atoms with Gasteiger partial charge >= 0.3 is 0 Å². The molecule has 2 aromatic heterocycles. The van der Waals surface area contributed by atoms with Gasteiger partial charge in [-0.1, -0.05) is 12.1 Å². The fraction of sp³-hybridized carbons (Fsp3) is 0.250. The van der Waals surface area contributed by atoms with Crippen molar-refractivity contribution in [3.05, 3.63) is 69.0 Å². The Morgan fingerprint density at radius 3 is 2.12 bits per heavy atom. The fourth-order valence-corrected chi connectivity index (χ4v) is 4.11. The highest BCUT2D eigenvalue weighted by molar-refractivity contribution is 7.10. The Kier molecular flexibility index (Phi) is 6.82. The van der Waals surface area contributed by atoms with E-state index in [4.69, 9.17) is 4.74 Å². The standard InChI is InChI=1S/C20H22N2O2S2/c1-2-24-17-9-7-16(8-10-17)21-20(23)15-22(13-18-5-3-11-25-18)14-19-6-4-12-26-19/h3-12H,2,13-15H2,1H3,(H,21,23). The van der Waals surface area contributed by atoms with Crippen molar-refractivity contribution in [2.24, 2.45) is 0 Å². The summed E-state index contributed by atoms with van der Waals surface area (Å²) in [6.45, 7) is 4.47. The normalized spacial score (nSPS) is 10.8. The Balaban J connectivity index is 1.60. The number of amides is 1. The van der Waals surface area contributed by atoms with E-state index in [2.05, 4.69) is 33.1 Å². The minimum Gasteiger partial charge on any atom is -0.494 e. The van der Waals surface area contributed by atoms with Gasteiger partial charge in [-0.2, -0.15) is 0 Å². The molecule has 1 N–H and O–H groups in total. The van der Waals surface area contributed by atoms with Crippen molar-refractivity contribution in [1.82, 2.24) is 4.90 Å². The van der Waals surface area contributed by atoms with Gasteiger partial charge in [0.05, 0.1) is 13.2 Å². The molecule has 136 valence electrons. The summed E-state index contributed by atoms with van der Waals surface area (Å²) in [5.74, 6) is 0.796. The van der Waals surface area contributed by atoms with Gasteiger partial charge < -0.3 is 10.1 Å². The zero-order valence-electron chi connectivity index (χ0n) is 14.7. The van der Waals surface area contributed by atoms with E-state index in [1.807, 2.05) is 43.3 Å². The number of thiophene rings is 2. The molecule has 0 saturated carbocycles. The Morgan fingerprint density at radius 2 is 1.62 bits per heavy atom. The summed E-state index contributed by atoms with van der Waals surface area (Å²) < 4.78 is 5.43. The van der Waals surface area contributed by atoms with E-state index in [1.54, 1.807) is 22.7 Å². The molecule has 0 fully saturated rings. The first kappa shape index (κ1) is 18.6. The van der Waals surface area contributed by atoms with Crippen LogP contribution >= 0.6 is 22.7 Å². The average Bonchev–Trinajstić information content (AvgIpc) is 3.31. The fourth-order valence-electron chi connectivity index (χ4n) is 2.62. The number of carbonyl (C=O) groups is 1. The minimum atomic E-state index is -0.0118. The second kappa shape index (κ2) is 9.52. The molecule has 3 rings (SSSR count). The quantitative estimate of drug-likeness (QED) is 0.572. The predicted octanol–water partition coefficient (Wildman–Crippen LogP) is 4.85. The topological polar surface area (TPSA) is 41.6 Å². The van der Waals surface area contributed by atoms with E-state index in [0.29, 0.717) is 13.2 Å². The van der Waals surface area contributed by atoms with Crippen molar-refractivity contribution in [3.8, 4) is 5.75 Å². The van der Waals surface area contributed by atoms with Crippen molar-refractivity contribution in [2.75, 3.05) is 18.5 Å². The molecule has 0 saturated heterocycles. The third-order valence-electron chi connectivity index (χ3n) is 3.74. The van der Waals surface area contributed by atoms with Gasteiger partial charge in [0.25, 0.3) is 0 Å². The molecule has 6 heteroatoms. The van der Waals surface area contributed by atoms with E-state index in [1.165, 1.54) is 9.75 Å². The molecule has 0 radical (unpaired) electrons. The number of nitrogens with one attached hydrogen (secondary N) is 1. The van der Waals surface area contributed by atoms with Crippen LogP contribution in [0.25, 0.3) is 0 Å². The molecule has 0 aliphatic carbocycles. The summed E-state index contributed by atoms with van der Waals surface area (Å²) in [5.41, 5.74) is 0.783. The molecule has 0 aliphatic heterocycles. The third-order valence-corrected chi connectivity index (χ3v) is 5.46. The summed E-state index contributed by atoms with van der Waals surface area (Å²) in [6, 6.07) is 15.8. The maximum absolute atomic E-state index is 12.5. The molecule has 0 unspecified atom stereocenters. The predicted molar refractivity (Wildman–Crippen MR) is 109 cm³/mol. The second-order valence-corrected chi connectivity index (χ2v) is 7.87. The van der Waals surface area contributed by atoms with Gasteiger partial charge in [-0.25, -0.2) is 0 Å². The largest absolute Gasteiger partial charge is 0.494 e. The van der Waals surface area contributed by atoms with Gasteiger partial charge in [0.2, 0.25) is 5.91 Å². The van der Waals surface area contributed by atoms with E-state index in [9.17, 15) is 4.79 Å². The molecular weight excluding hydrogens is 364 g/mol. The lowest BCUT2D eigenvalue weighted by Crippen LogP contribution is -2.32. The van der Waals surface area contributed by atoms with Crippen LogP contribution in [0.1, 0.15) is 16.7 Å². The van der Waals surface area contributed by atoms with Crippen LogP contribution in [-0.4, -0.2) is 24.0 Å². The van der Waals surface area contributed by atoms with Crippen LogP contribution in [0.5, 0.6) is 5.75 Å². The Morgan fingerprint density at radius 1 is 1.00 bits per heavy atom. The van der Waals surface area contributed by atoms with Crippen molar-refractivity contribution in [1.29, 1.82) is 0 Å². The first-order valence-electron chi connectivity index (χ1n) is 8.53. The van der Waals surface area contributed by atoms with Crippen molar-refractivity contribution < 1.29 is 9.53 Å². The van der Waals surface area contributed by atoms with Crippen LogP contribution in [-0.2, 0) is 17.9 Å². The van der Waals surface area contributed by atoms with Gasteiger partial charge in [0, 0.05) is 28.5 Å². The van der Waals surface area contributed by atoms with Gasteiger partial charge in [-0.15, -0.1) is 22.7 Å². The third kappa shape index (κ3) is 5.69. The Bertz CT molecular complexity index is 748. The SMILES string of the molecule is CCOc1ccc(NC(=O)CN(Cc2cccs2)Cc2cccs2)cc1. The van der Waals surface area contributed by atoms with Crippen LogP contribution in [0.2, 0.25) is 0 Å². The lowest BCUT2D eigenvalue weighted by atomic mass is 10.3. The minimum absolute atomic E-state index is 0.0118. The molecular formula is C20H22N2O2S2. The van der Waals surface area contributed by atoms with Crippen molar-refractivity contribution in [3.63, 3.8) is 0 Å². The van der Waals surface area contributed by atoms with Gasteiger partial charge in [-0.05, 0) is 54.1 Å². The Labute approximate surface area is 162 Å². The zero-order valence-corrected chi connectivity index (χ0v) is 16.3. The second-order valence-electron chi connectivity index (χ2n) is 5.81. The summed E-state index contributed by atoms with van der Waals surface area (Å²) in [5, 5.41) is 7.11. The molecule has 0 atom stereocenters. The van der Waals surface area contributed by atoms with E-state index in [0.717, 1.165) is 24.5 Å². The first-order chi connectivity index (χ1) is 12.7. The number of nitrogens with zero attached hydrogens (tertiary/aromatic N) is 1. The first-order valence-corrected chi connectivity index (χ1v) is 10.3. The van der Waals surface area contributed by atoms with E-state index < -0.39 is 0 Å². The number of rotatable bonds is 9. The van der Waals surface area contributed by atoms with Crippen molar-refractivity contribution >= 4 is 34.3 Å². The maximum Gasteiger partial charge on any atom is 0.238 e. The molecule has 1 aromatic carbocycles. The van der Waals surface area contributed by atoms with Crippen molar-refractivity contribution in [2.45, 2.75) is 20.0 Å². The summed E-state index contributed by atoms with van der Waals surface area (Å²) in [6.07, 6.45) is 0. The molecule has 0 aliphatic rings. The highest BCUT2D eigenvalue weighted by atomic mass is 32.1. The smallest absolute Gasteiger partial charge is 0.238 e. The van der Waals surface area contributed by atoms with E-state index >= 15 is 0 Å². The lowest BCUT2D eigenvalue weighted by molar-refractivity contribution is -0.117. The van der Waals surface area contributed by atoms with Crippen LogP contribution in [0, 0.1) is 0 Å². The van der Waals surface area contributed by atoms with Crippen LogP contribution in [0.4, 0.5) is 5.69 Å². The summed E-state index contributed by atoms with van der Waals surface area (Å²) in [7, 11) is 0. The van der Waals surface area contributed by atoms with Crippen LogP contribution < -0.4 is 10.1 Å². The van der Waals surface area contributed by atoms with Crippen LogP contribution in [0.15, 0.2) is 59.3 Å². The monoisotopic (exact) mass is 386 g/mol. The molecule has 0 spiro atoms. The molecule has 1 amide bonds. The summed E-state index contributed by atoms with van der Waals surface area (Å²) >= 11 is 3.43. The summed E-state index contributed by atoms with van der Waals surface area (Å²) in [4.78, 5) is 17.2. The van der Waals surface area contributed by atoms with Gasteiger partial charge in [0.1, 0.15) is 5.75 Å². The van der Waals surface area contributed by atoms with Crippen LogP contribution in [0.3, 0.4) is 0 Å². The average molecular weight is 387 g/mol. The number of hydrogen-bond donors (Lipinski definition) is 1. The van der Waals surface area contributed by atoms with E-state index in [-0.39, 0.29) is 5.91 Å². The highest BCUT2D eigenvalue weighted by Gasteiger charge is 2.13. The number of benzene rings is 1. The highest BCUT2D eigenvalue weighted by Crippen LogP contribution is 2.18. The van der Waals surface area contributed by atoms with Gasteiger partial charge in [0.15, 0.2) is 0 Å². The number of hydrogen-bond acceptors (Lipinski definition) is 5. The number of carbonyl (C=O) groups excluding carboxylic acids is 1. The van der Waals surface area contributed by atoms with Gasteiger partial charge in [-0.3, -0.25) is 9.69 Å². The lowest BCUT2D eigenvalue weighted by Gasteiger charge is -2.20. The maximum atomic E-state index is 12.5. The molecule has 26 heavy (non-hydrogen) atoms. The molecule has 0 bridgehead atoms. The molecule has 2 heterocycles. The number of anilines is 1. The zero-order chi connectivity index (χ0) is 18.2. The molecule has 4 nitrogen and oxygen atoms in total.